The number of hydrogen-bond acceptors (Lipinski definition) is 4. The molecule has 0 amide bonds. The molecule has 0 aliphatic rings. The summed E-state index contributed by atoms with van der Waals surface area (Å²) in [6, 6.07) is 6.82. The molecule has 0 saturated carbocycles. The number of rotatable bonds is 3. The first-order valence-electron chi connectivity index (χ1n) is 3.04. The van der Waals surface area contributed by atoms with E-state index in [9.17, 15) is 4.79 Å². The lowest BCUT2D eigenvalue weighted by molar-refractivity contribution is -0.126. The van der Waals surface area contributed by atoms with E-state index < -0.39 is 0 Å². The van der Waals surface area contributed by atoms with Gasteiger partial charge in [0.05, 0.1) is 5.69 Å². The van der Waals surface area contributed by atoms with Crippen LogP contribution in [0.3, 0.4) is 0 Å². The molecule has 0 heterocycles. The molecule has 0 radical (unpaired) electrons. The molecule has 0 fully saturated rings. The number of carbonyl (C=O) groups excluding carboxylic acids is 1. The first-order chi connectivity index (χ1) is 5.33. The summed E-state index contributed by atoms with van der Waals surface area (Å²) < 4.78 is 0. The molecule has 58 valence electrons. The predicted molar refractivity (Wildman–Crippen MR) is 41.6 cm³/mol. The smallest absolute Gasteiger partial charge is 0.320 e. The fraction of sp³-hybridized carbons (Fsp3) is 0. The van der Waals surface area contributed by atoms with E-state index in [1.165, 1.54) is 0 Å². The van der Waals surface area contributed by atoms with Gasteiger partial charge >= 0.3 is 6.47 Å². The Balaban J connectivity index is 2.58. The molecule has 0 unspecified atom stereocenters. The van der Waals surface area contributed by atoms with E-state index in [4.69, 9.17) is 5.73 Å². The second-order valence-electron chi connectivity index (χ2n) is 1.94. The van der Waals surface area contributed by atoms with Gasteiger partial charge in [0.15, 0.2) is 0 Å². The maximum absolute atomic E-state index is 9.74. The molecule has 0 aromatic heterocycles. The SMILES string of the molecule is Nc1ccc(NOC=O)cc1. The van der Waals surface area contributed by atoms with Crippen molar-refractivity contribution in [1.29, 1.82) is 0 Å². The number of carbonyl (C=O) groups is 1. The fourth-order valence-corrected chi connectivity index (χ4v) is 0.643. The van der Waals surface area contributed by atoms with Crippen LogP contribution in [0.15, 0.2) is 24.3 Å². The molecule has 0 saturated heterocycles. The number of nitrogen functional groups attached to an aromatic ring is 1. The van der Waals surface area contributed by atoms with Crippen molar-refractivity contribution in [2.75, 3.05) is 11.2 Å². The average Bonchev–Trinajstić information content (AvgIpc) is 2.04. The maximum atomic E-state index is 9.74. The first kappa shape index (κ1) is 7.40. The van der Waals surface area contributed by atoms with Crippen LogP contribution in [0.5, 0.6) is 0 Å². The minimum absolute atomic E-state index is 0.316. The van der Waals surface area contributed by atoms with Gasteiger partial charge in [-0.3, -0.25) is 4.79 Å². The Morgan fingerprint density at radius 1 is 1.36 bits per heavy atom. The third kappa shape index (κ3) is 2.17. The third-order valence-corrected chi connectivity index (χ3v) is 1.14. The maximum Gasteiger partial charge on any atom is 0.320 e. The zero-order valence-electron chi connectivity index (χ0n) is 5.78. The number of anilines is 2. The zero-order chi connectivity index (χ0) is 8.10. The highest BCUT2D eigenvalue weighted by atomic mass is 16.7. The summed E-state index contributed by atoms with van der Waals surface area (Å²) in [5.74, 6) is 0. The monoisotopic (exact) mass is 152 g/mol. The highest BCUT2D eigenvalue weighted by Crippen LogP contribution is 2.09. The minimum atomic E-state index is 0.316. The van der Waals surface area contributed by atoms with Gasteiger partial charge in [0, 0.05) is 5.69 Å². The Morgan fingerprint density at radius 3 is 2.55 bits per heavy atom. The third-order valence-electron chi connectivity index (χ3n) is 1.14. The Morgan fingerprint density at radius 2 is 2.00 bits per heavy atom. The van der Waals surface area contributed by atoms with E-state index in [2.05, 4.69) is 10.3 Å². The van der Waals surface area contributed by atoms with Crippen molar-refractivity contribution in [3.63, 3.8) is 0 Å². The van der Waals surface area contributed by atoms with Crippen LogP contribution in [0, 0.1) is 0 Å². The van der Waals surface area contributed by atoms with Crippen molar-refractivity contribution < 1.29 is 9.63 Å². The van der Waals surface area contributed by atoms with Crippen LogP contribution in [0.2, 0.25) is 0 Å². The lowest BCUT2D eigenvalue weighted by Gasteiger charge is -2.01. The molecule has 4 nitrogen and oxygen atoms in total. The van der Waals surface area contributed by atoms with Gasteiger partial charge in [-0.1, -0.05) is 0 Å². The summed E-state index contributed by atoms with van der Waals surface area (Å²) in [5.41, 5.74) is 9.17. The van der Waals surface area contributed by atoms with E-state index in [0.29, 0.717) is 17.8 Å². The summed E-state index contributed by atoms with van der Waals surface area (Å²) in [6.45, 7) is 0.316. The van der Waals surface area contributed by atoms with Gasteiger partial charge in [-0.25, -0.2) is 5.48 Å². The molecule has 0 aliphatic heterocycles. The summed E-state index contributed by atoms with van der Waals surface area (Å²) in [6.07, 6.45) is 0. The van der Waals surface area contributed by atoms with Gasteiger partial charge < -0.3 is 10.6 Å². The summed E-state index contributed by atoms with van der Waals surface area (Å²) in [4.78, 5) is 14.0. The van der Waals surface area contributed by atoms with Crippen LogP contribution in [-0.2, 0) is 9.63 Å². The van der Waals surface area contributed by atoms with E-state index in [0.717, 1.165) is 0 Å². The Labute approximate surface area is 63.9 Å². The molecule has 0 aliphatic carbocycles. The van der Waals surface area contributed by atoms with Crippen LogP contribution in [0.1, 0.15) is 0 Å². The van der Waals surface area contributed by atoms with E-state index in [1.54, 1.807) is 24.3 Å². The van der Waals surface area contributed by atoms with Crippen molar-refractivity contribution in [2.24, 2.45) is 0 Å². The lowest BCUT2D eigenvalue weighted by atomic mass is 10.3. The highest BCUT2D eigenvalue weighted by molar-refractivity contribution is 5.51. The largest absolute Gasteiger partial charge is 0.399 e. The topological polar surface area (TPSA) is 64.3 Å². The lowest BCUT2D eigenvalue weighted by Crippen LogP contribution is -1.98. The van der Waals surface area contributed by atoms with E-state index in [-0.39, 0.29) is 0 Å². The molecule has 3 N–H and O–H groups in total. The second kappa shape index (κ2) is 3.46. The molecule has 1 rings (SSSR count). The van der Waals surface area contributed by atoms with Crippen molar-refractivity contribution >= 4 is 17.8 Å². The van der Waals surface area contributed by atoms with Crippen LogP contribution in [-0.4, -0.2) is 6.47 Å². The molecule has 1 aromatic rings. The molecule has 4 heteroatoms. The second-order valence-corrected chi connectivity index (χ2v) is 1.94. The molecule has 11 heavy (non-hydrogen) atoms. The molecular formula is C7H8N2O2. The normalized spacial score (nSPS) is 8.73. The summed E-state index contributed by atoms with van der Waals surface area (Å²) in [5, 5.41) is 0. The molecular weight excluding hydrogens is 144 g/mol. The van der Waals surface area contributed by atoms with Crippen LogP contribution in [0.25, 0.3) is 0 Å². The first-order valence-corrected chi connectivity index (χ1v) is 3.04. The van der Waals surface area contributed by atoms with Gasteiger partial charge in [0.2, 0.25) is 0 Å². The summed E-state index contributed by atoms with van der Waals surface area (Å²) in [7, 11) is 0. The fourth-order valence-electron chi connectivity index (χ4n) is 0.643. The van der Waals surface area contributed by atoms with Gasteiger partial charge in [-0.05, 0) is 24.3 Å². The van der Waals surface area contributed by atoms with Crippen LogP contribution >= 0.6 is 0 Å². The molecule has 0 bridgehead atoms. The Hall–Kier alpha value is -1.71. The van der Waals surface area contributed by atoms with Crippen LogP contribution < -0.4 is 11.2 Å². The molecule has 1 aromatic carbocycles. The van der Waals surface area contributed by atoms with Gasteiger partial charge in [-0.15, -0.1) is 0 Å². The van der Waals surface area contributed by atoms with Gasteiger partial charge in [-0.2, -0.15) is 0 Å². The van der Waals surface area contributed by atoms with Crippen molar-refractivity contribution in [2.45, 2.75) is 0 Å². The molecule has 0 atom stereocenters. The Bertz CT molecular complexity index is 233. The molecule has 0 spiro atoms. The van der Waals surface area contributed by atoms with Crippen molar-refractivity contribution in [3.05, 3.63) is 24.3 Å². The van der Waals surface area contributed by atoms with Crippen LogP contribution in [0.4, 0.5) is 11.4 Å². The highest BCUT2D eigenvalue weighted by Gasteiger charge is 1.88. The number of nitrogens with one attached hydrogen (secondary N) is 1. The Kier molecular flexibility index (Phi) is 2.32. The standard InChI is InChI=1S/C7H8N2O2/c8-6-1-3-7(4-2-6)9-11-5-10/h1-5,9H,8H2. The predicted octanol–water partition coefficient (Wildman–Crippen LogP) is 0.769. The van der Waals surface area contributed by atoms with Gasteiger partial charge in [0.25, 0.3) is 0 Å². The summed E-state index contributed by atoms with van der Waals surface area (Å²) >= 11 is 0. The quantitative estimate of drug-likeness (QED) is 0.381. The van der Waals surface area contributed by atoms with Crippen molar-refractivity contribution in [3.8, 4) is 0 Å². The minimum Gasteiger partial charge on any atom is -0.399 e. The van der Waals surface area contributed by atoms with Crippen molar-refractivity contribution in [1.82, 2.24) is 0 Å². The zero-order valence-corrected chi connectivity index (χ0v) is 5.78. The number of nitrogens with two attached hydrogens (primary N) is 1. The number of hydrogen-bond donors (Lipinski definition) is 2. The van der Waals surface area contributed by atoms with E-state index in [1.807, 2.05) is 0 Å². The average molecular weight is 152 g/mol. The van der Waals surface area contributed by atoms with Gasteiger partial charge in [0.1, 0.15) is 0 Å². The number of benzene rings is 1. The van der Waals surface area contributed by atoms with E-state index >= 15 is 0 Å².